The minimum Gasteiger partial charge on any atom is -0.126 e. The van der Waals surface area contributed by atoms with Gasteiger partial charge in [-0.15, -0.1) is 15.3 Å². The smallest absolute Gasteiger partial charge is 0.126 e. The Morgan fingerprint density at radius 1 is 1.27 bits per heavy atom. The lowest BCUT2D eigenvalue weighted by Crippen LogP contribution is -2.33. The predicted octanol–water partition coefficient (Wildman–Crippen LogP) is 3.88. The van der Waals surface area contributed by atoms with Crippen molar-refractivity contribution in [1.29, 1.82) is 0 Å². The summed E-state index contributed by atoms with van der Waals surface area (Å²) >= 11 is 4.01. The maximum Gasteiger partial charge on any atom is 0.129 e. The van der Waals surface area contributed by atoms with Gasteiger partial charge in [0.15, 0.2) is 0 Å². The van der Waals surface area contributed by atoms with E-state index in [2.05, 4.69) is 29.1 Å². The van der Waals surface area contributed by atoms with Gasteiger partial charge in [0.25, 0.3) is 0 Å². The third-order valence-corrected chi connectivity index (χ3v) is 14.5. The van der Waals surface area contributed by atoms with Gasteiger partial charge < -0.3 is 0 Å². The molecule has 3 heteroatoms. The zero-order chi connectivity index (χ0) is 8.32. The third-order valence-electron chi connectivity index (χ3n) is 2.99. The van der Waals surface area contributed by atoms with Crippen LogP contribution in [0.3, 0.4) is 0 Å². The molecule has 0 saturated carbocycles. The molecular weight excluding hydrogens is 232 g/mol. The summed E-state index contributed by atoms with van der Waals surface area (Å²) in [5.41, 5.74) is 0. The average Bonchev–Trinajstić information content (AvgIpc) is 2.06. The summed E-state index contributed by atoms with van der Waals surface area (Å²) in [6, 6.07) is 9.31. The number of hydrogen-bond donors (Lipinski definition) is 0. The van der Waals surface area contributed by atoms with Crippen LogP contribution in [-0.2, 0) is 0 Å². The topological polar surface area (TPSA) is 0 Å². The Hall–Kier alpha value is 0.914. The second-order valence-corrected chi connectivity index (χ2v) is 15.9. The van der Waals surface area contributed by atoms with Crippen LogP contribution in [0.25, 0.3) is 0 Å². The Morgan fingerprint density at radius 2 is 1.82 bits per heavy atom. The van der Waals surface area contributed by atoms with Crippen molar-refractivity contribution in [2.24, 2.45) is 0 Å². The van der Waals surface area contributed by atoms with E-state index in [-0.39, 0.29) is 8.80 Å². The highest BCUT2D eigenvalue weighted by Gasteiger charge is 2.33. The summed E-state index contributed by atoms with van der Waals surface area (Å²) in [7, 11) is 0.137. The molecule has 1 fully saturated rings. The molecule has 0 unspecified atom stereocenters. The number of rotatable bonds is 2. The van der Waals surface area contributed by atoms with Gasteiger partial charge in [-0.25, -0.2) is 0 Å². The third kappa shape index (κ3) is 2.70. The molecule has 1 heterocycles. The van der Waals surface area contributed by atoms with E-state index in [0.717, 1.165) is 0 Å². The van der Waals surface area contributed by atoms with Crippen LogP contribution in [0.5, 0.6) is 0 Å². The van der Waals surface area contributed by atoms with Gasteiger partial charge in [0, 0.05) is 8.80 Å². The van der Waals surface area contributed by atoms with E-state index in [1.807, 2.05) is 0 Å². The fraction of sp³-hybridized carbons (Fsp3) is 1.00. The van der Waals surface area contributed by atoms with Crippen molar-refractivity contribution in [2.45, 2.75) is 50.1 Å². The van der Waals surface area contributed by atoms with Crippen molar-refractivity contribution in [2.75, 3.05) is 0 Å². The van der Waals surface area contributed by atoms with Crippen LogP contribution < -0.4 is 0 Å². The average molecular weight is 250 g/mol. The predicted molar refractivity (Wildman–Crippen MR) is 60.6 cm³/mol. The van der Waals surface area contributed by atoms with E-state index in [9.17, 15) is 0 Å². The maximum absolute atomic E-state index is 4.01. The Kier molecular flexibility index (Phi) is 3.85. The minimum atomic E-state index is -0.831. The summed E-state index contributed by atoms with van der Waals surface area (Å²) in [5, 5.41) is 0. The first-order valence-electron chi connectivity index (χ1n) is 4.72. The summed E-state index contributed by atoms with van der Waals surface area (Å²) in [6.07, 6.45) is 0. The van der Waals surface area contributed by atoms with Crippen LogP contribution in [0.2, 0.25) is 36.3 Å². The monoisotopic (exact) mass is 249 g/mol. The summed E-state index contributed by atoms with van der Waals surface area (Å²) in [6.45, 7) is 3.91. The highest BCUT2D eigenvalue weighted by molar-refractivity contribution is 9.26. The van der Waals surface area contributed by atoms with E-state index >= 15 is 0 Å². The zero-order valence-electron chi connectivity index (χ0n) is 7.62. The highest BCUT2D eigenvalue weighted by Crippen LogP contribution is 2.37. The molecular formula is C8H18BrSi2. The van der Waals surface area contributed by atoms with Crippen molar-refractivity contribution < 1.29 is 0 Å². The molecule has 1 aliphatic heterocycles. The Bertz CT molecular complexity index is 119. The second-order valence-electron chi connectivity index (χ2n) is 3.61. The van der Waals surface area contributed by atoms with Gasteiger partial charge in [-0.05, 0) is 0 Å². The standard InChI is InChI=1S/C8H18BrSi2/c1-3-10-5-7-11(9,4-2)8-6-10/h3-8H2,1-2H3. The van der Waals surface area contributed by atoms with Gasteiger partial charge in [-0.2, -0.15) is 0 Å². The molecule has 1 saturated heterocycles. The summed E-state index contributed by atoms with van der Waals surface area (Å²) in [5.74, 6) is 0. The SMILES string of the molecule is CC[Si]1CC[Si](Br)(CC)CC1. The maximum atomic E-state index is 4.01. The van der Waals surface area contributed by atoms with E-state index in [1.165, 1.54) is 12.1 Å². The zero-order valence-corrected chi connectivity index (χ0v) is 11.2. The van der Waals surface area contributed by atoms with Crippen LogP contribution in [0.1, 0.15) is 13.8 Å². The van der Waals surface area contributed by atoms with Crippen LogP contribution >= 0.6 is 15.3 Å². The Balaban J connectivity index is 2.35. The lowest BCUT2D eigenvalue weighted by Gasteiger charge is -2.31. The molecule has 0 aromatic carbocycles. The molecule has 11 heavy (non-hydrogen) atoms. The van der Waals surface area contributed by atoms with Gasteiger partial charge in [0.1, 0.15) is 6.69 Å². The van der Waals surface area contributed by atoms with Crippen molar-refractivity contribution in [3.05, 3.63) is 0 Å². The highest BCUT2D eigenvalue weighted by atomic mass is 79.9. The molecule has 1 rings (SSSR count). The minimum absolute atomic E-state index is 0.137. The van der Waals surface area contributed by atoms with Crippen LogP contribution in [-0.4, -0.2) is 15.5 Å². The molecule has 0 aliphatic carbocycles. The van der Waals surface area contributed by atoms with Crippen molar-refractivity contribution in [3.63, 3.8) is 0 Å². The first-order valence-corrected chi connectivity index (χ1v) is 11.7. The van der Waals surface area contributed by atoms with E-state index < -0.39 is 6.69 Å². The van der Waals surface area contributed by atoms with Crippen molar-refractivity contribution >= 4 is 30.8 Å². The second kappa shape index (κ2) is 4.24. The van der Waals surface area contributed by atoms with Gasteiger partial charge in [0.2, 0.25) is 0 Å². The molecule has 0 aromatic rings. The van der Waals surface area contributed by atoms with Crippen molar-refractivity contribution in [1.82, 2.24) is 0 Å². The molecule has 0 N–H and O–H groups in total. The first-order chi connectivity index (χ1) is 5.20. The molecule has 0 spiro atoms. The Labute approximate surface area is 81.0 Å². The van der Waals surface area contributed by atoms with Crippen molar-refractivity contribution in [3.8, 4) is 0 Å². The van der Waals surface area contributed by atoms with Crippen LogP contribution in [0, 0.1) is 0 Å². The molecule has 65 valence electrons. The summed E-state index contributed by atoms with van der Waals surface area (Å²) in [4.78, 5) is 0. The lowest BCUT2D eigenvalue weighted by molar-refractivity contribution is 1.11. The fourth-order valence-electron chi connectivity index (χ4n) is 1.76. The van der Waals surface area contributed by atoms with Crippen LogP contribution in [0.4, 0.5) is 0 Å². The Morgan fingerprint density at radius 3 is 2.18 bits per heavy atom. The molecule has 0 bridgehead atoms. The lowest BCUT2D eigenvalue weighted by atomic mass is 10.9. The normalized spacial score (nSPS) is 25.4. The molecule has 0 atom stereocenters. The molecule has 1 radical (unpaired) electrons. The first kappa shape index (κ1) is 10.00. The van der Waals surface area contributed by atoms with Crippen LogP contribution in [0.15, 0.2) is 0 Å². The van der Waals surface area contributed by atoms with E-state index in [1.54, 1.807) is 24.2 Å². The quantitative estimate of drug-likeness (QED) is 0.515. The molecule has 0 aromatic heterocycles. The van der Waals surface area contributed by atoms with Gasteiger partial charge in [0.05, 0.1) is 0 Å². The number of hydrogen-bond acceptors (Lipinski definition) is 0. The molecule has 0 nitrogen and oxygen atoms in total. The van der Waals surface area contributed by atoms with E-state index in [0.29, 0.717) is 0 Å². The summed E-state index contributed by atoms with van der Waals surface area (Å²) < 4.78 is 0. The molecule has 0 amide bonds. The van der Waals surface area contributed by atoms with Gasteiger partial charge in [-0.1, -0.05) is 50.1 Å². The molecule has 1 aliphatic rings. The number of halogens is 1. The fourth-order valence-corrected chi connectivity index (χ4v) is 13.7. The van der Waals surface area contributed by atoms with Gasteiger partial charge >= 0.3 is 0 Å². The largest absolute Gasteiger partial charge is 0.129 e. The van der Waals surface area contributed by atoms with Gasteiger partial charge in [-0.3, -0.25) is 0 Å². The van der Waals surface area contributed by atoms with E-state index in [4.69, 9.17) is 0 Å².